The molecular weight excluding hydrogens is 372 g/mol. The SMILES string of the molecule is Cc1cc2c(o1)CC(C)(C)C[C@H]2NC(=O)c1ccc2c(=O)n(C)c(=O)n(C)c2n1. The van der Waals surface area contributed by atoms with E-state index < -0.39 is 11.2 Å². The molecule has 0 saturated carbocycles. The second-order valence-electron chi connectivity index (χ2n) is 8.58. The monoisotopic (exact) mass is 396 g/mol. The number of carbonyl (C=O) groups is 1. The summed E-state index contributed by atoms with van der Waals surface area (Å²) >= 11 is 0. The van der Waals surface area contributed by atoms with Crippen LogP contribution in [0.2, 0.25) is 0 Å². The number of furan rings is 1. The maximum absolute atomic E-state index is 13.0. The van der Waals surface area contributed by atoms with E-state index in [1.165, 1.54) is 30.8 Å². The molecule has 0 unspecified atom stereocenters. The Kier molecular flexibility index (Phi) is 4.25. The molecule has 0 radical (unpaired) electrons. The largest absolute Gasteiger partial charge is 0.466 e. The summed E-state index contributed by atoms with van der Waals surface area (Å²) in [5.74, 6) is 1.37. The molecule has 0 aromatic carbocycles. The highest BCUT2D eigenvalue weighted by Gasteiger charge is 2.35. The van der Waals surface area contributed by atoms with Crippen LogP contribution >= 0.6 is 0 Å². The topological polar surface area (TPSA) is 99.1 Å². The number of nitrogens with one attached hydrogen (secondary N) is 1. The van der Waals surface area contributed by atoms with E-state index in [2.05, 4.69) is 24.1 Å². The van der Waals surface area contributed by atoms with Crippen molar-refractivity contribution in [3.63, 3.8) is 0 Å². The van der Waals surface area contributed by atoms with Crippen LogP contribution in [0.3, 0.4) is 0 Å². The van der Waals surface area contributed by atoms with Crippen LogP contribution in [0.1, 0.15) is 53.9 Å². The van der Waals surface area contributed by atoms with Crippen molar-refractivity contribution in [2.45, 2.75) is 39.7 Å². The summed E-state index contributed by atoms with van der Waals surface area (Å²) in [7, 11) is 2.95. The number of aromatic nitrogens is 3. The minimum absolute atomic E-state index is 0.0117. The van der Waals surface area contributed by atoms with E-state index in [0.29, 0.717) is 0 Å². The quantitative estimate of drug-likeness (QED) is 0.714. The average molecular weight is 396 g/mol. The molecule has 152 valence electrons. The molecule has 0 fully saturated rings. The molecule has 29 heavy (non-hydrogen) atoms. The summed E-state index contributed by atoms with van der Waals surface area (Å²) in [6.45, 7) is 6.19. The van der Waals surface area contributed by atoms with Gasteiger partial charge in [-0.1, -0.05) is 13.8 Å². The highest BCUT2D eigenvalue weighted by atomic mass is 16.3. The number of rotatable bonds is 2. The molecule has 0 spiro atoms. The normalized spacial score (nSPS) is 17.9. The smallest absolute Gasteiger partial charge is 0.332 e. The standard InChI is InChI=1S/C21H24N4O4/c1-11-8-13-15(9-21(2,3)10-16(13)29-11)23-18(26)14-7-6-12-17(22-14)24(4)20(28)25(5)19(12)27/h6-8,15H,9-10H2,1-5H3,(H,23,26)/t15-/m1/s1. The molecule has 4 rings (SSSR count). The number of hydrogen-bond donors (Lipinski definition) is 1. The molecule has 1 N–H and O–H groups in total. The van der Waals surface area contributed by atoms with E-state index >= 15 is 0 Å². The van der Waals surface area contributed by atoms with E-state index in [0.717, 1.165) is 34.5 Å². The van der Waals surface area contributed by atoms with Gasteiger partial charge >= 0.3 is 5.69 Å². The summed E-state index contributed by atoms with van der Waals surface area (Å²) in [6, 6.07) is 4.83. The van der Waals surface area contributed by atoms with Crippen LogP contribution in [-0.2, 0) is 20.5 Å². The molecule has 1 aliphatic carbocycles. The first kappa shape index (κ1) is 19.2. The van der Waals surface area contributed by atoms with Gasteiger partial charge in [-0.3, -0.25) is 18.7 Å². The van der Waals surface area contributed by atoms with Gasteiger partial charge in [0.15, 0.2) is 0 Å². The van der Waals surface area contributed by atoms with Crippen molar-refractivity contribution in [2.24, 2.45) is 19.5 Å². The summed E-state index contributed by atoms with van der Waals surface area (Å²) in [5.41, 5.74) is 0.412. The molecule has 0 aliphatic heterocycles. The summed E-state index contributed by atoms with van der Waals surface area (Å²) in [5, 5.41) is 3.34. The number of aryl methyl sites for hydroxylation is 2. The van der Waals surface area contributed by atoms with E-state index in [4.69, 9.17) is 4.42 Å². The van der Waals surface area contributed by atoms with Gasteiger partial charge in [0, 0.05) is 26.1 Å². The first-order valence-corrected chi connectivity index (χ1v) is 9.54. The molecule has 8 heteroatoms. The molecule has 0 saturated heterocycles. The Bertz CT molecular complexity index is 1260. The van der Waals surface area contributed by atoms with Gasteiger partial charge in [-0.2, -0.15) is 0 Å². The number of carbonyl (C=O) groups excluding carboxylic acids is 1. The number of fused-ring (bicyclic) bond motifs is 2. The van der Waals surface area contributed by atoms with Crippen molar-refractivity contribution >= 4 is 16.9 Å². The van der Waals surface area contributed by atoms with Crippen molar-refractivity contribution < 1.29 is 9.21 Å². The number of pyridine rings is 1. The third kappa shape index (κ3) is 3.18. The zero-order valence-corrected chi connectivity index (χ0v) is 17.2. The summed E-state index contributed by atoms with van der Waals surface area (Å²) < 4.78 is 8.13. The van der Waals surface area contributed by atoms with Crippen molar-refractivity contribution in [1.82, 2.24) is 19.4 Å². The van der Waals surface area contributed by atoms with Crippen molar-refractivity contribution in [3.05, 3.63) is 61.8 Å². The van der Waals surface area contributed by atoms with Gasteiger partial charge in [-0.05, 0) is 37.0 Å². The molecule has 3 heterocycles. The van der Waals surface area contributed by atoms with Crippen LogP contribution in [0.4, 0.5) is 0 Å². The molecule has 1 atom stereocenters. The molecule has 3 aromatic heterocycles. The highest BCUT2D eigenvalue weighted by molar-refractivity contribution is 5.94. The minimum Gasteiger partial charge on any atom is -0.466 e. The van der Waals surface area contributed by atoms with E-state index in [9.17, 15) is 14.4 Å². The minimum atomic E-state index is -0.486. The zero-order valence-electron chi connectivity index (χ0n) is 17.2. The van der Waals surface area contributed by atoms with Crippen molar-refractivity contribution in [2.75, 3.05) is 0 Å². The molecule has 0 bridgehead atoms. The first-order valence-electron chi connectivity index (χ1n) is 9.54. The fourth-order valence-electron chi connectivity index (χ4n) is 4.13. The predicted molar refractivity (Wildman–Crippen MR) is 108 cm³/mol. The van der Waals surface area contributed by atoms with Crippen LogP contribution in [0, 0.1) is 12.3 Å². The maximum Gasteiger partial charge on any atom is 0.332 e. The highest BCUT2D eigenvalue weighted by Crippen LogP contribution is 2.42. The lowest BCUT2D eigenvalue weighted by Crippen LogP contribution is -2.38. The Morgan fingerprint density at radius 1 is 1.24 bits per heavy atom. The van der Waals surface area contributed by atoms with Crippen molar-refractivity contribution in [1.29, 1.82) is 0 Å². The van der Waals surface area contributed by atoms with E-state index in [1.54, 1.807) is 0 Å². The third-order valence-corrected chi connectivity index (χ3v) is 5.58. The number of hydrogen-bond acceptors (Lipinski definition) is 5. The van der Waals surface area contributed by atoms with Gasteiger partial charge in [-0.25, -0.2) is 9.78 Å². The van der Waals surface area contributed by atoms with Crippen molar-refractivity contribution in [3.8, 4) is 0 Å². The van der Waals surface area contributed by atoms with Gasteiger partial charge in [0.05, 0.1) is 11.4 Å². The lowest BCUT2D eigenvalue weighted by molar-refractivity contribution is 0.0912. The van der Waals surface area contributed by atoms with Crippen LogP contribution in [-0.4, -0.2) is 20.0 Å². The fourth-order valence-corrected chi connectivity index (χ4v) is 4.13. The third-order valence-electron chi connectivity index (χ3n) is 5.58. The van der Waals surface area contributed by atoms with Crippen LogP contribution in [0.25, 0.3) is 11.0 Å². The Balaban J connectivity index is 1.71. The number of amides is 1. The van der Waals surface area contributed by atoms with Crippen LogP contribution in [0.5, 0.6) is 0 Å². The van der Waals surface area contributed by atoms with Gasteiger partial charge in [0.2, 0.25) is 0 Å². The van der Waals surface area contributed by atoms with Gasteiger partial charge in [0.1, 0.15) is 22.9 Å². The Labute approximate surface area is 167 Å². The maximum atomic E-state index is 13.0. The Hall–Kier alpha value is -3.16. The zero-order chi connectivity index (χ0) is 21.1. The van der Waals surface area contributed by atoms with E-state index in [1.807, 2.05) is 13.0 Å². The summed E-state index contributed by atoms with van der Waals surface area (Å²) in [6.07, 6.45) is 1.60. The molecule has 1 amide bonds. The summed E-state index contributed by atoms with van der Waals surface area (Å²) in [4.78, 5) is 41.8. The van der Waals surface area contributed by atoms with Crippen LogP contribution in [0.15, 0.2) is 32.2 Å². The fraction of sp³-hybridized carbons (Fsp3) is 0.429. The molecule has 3 aromatic rings. The molecule has 8 nitrogen and oxygen atoms in total. The first-order chi connectivity index (χ1) is 13.6. The number of nitrogens with zero attached hydrogens (tertiary/aromatic N) is 3. The van der Waals surface area contributed by atoms with Crippen LogP contribution < -0.4 is 16.6 Å². The molecule has 1 aliphatic rings. The Morgan fingerprint density at radius 3 is 2.69 bits per heavy atom. The second-order valence-corrected chi connectivity index (χ2v) is 8.58. The Morgan fingerprint density at radius 2 is 1.97 bits per heavy atom. The van der Waals surface area contributed by atoms with Gasteiger partial charge < -0.3 is 9.73 Å². The lowest BCUT2D eigenvalue weighted by atomic mass is 9.74. The van der Waals surface area contributed by atoms with Gasteiger partial charge in [0.25, 0.3) is 11.5 Å². The van der Waals surface area contributed by atoms with Gasteiger partial charge in [-0.15, -0.1) is 0 Å². The second kappa shape index (κ2) is 6.43. The average Bonchev–Trinajstić information content (AvgIpc) is 3.03. The predicted octanol–water partition coefficient (Wildman–Crippen LogP) is 1.98. The molecular formula is C21H24N4O4. The van der Waals surface area contributed by atoms with E-state index in [-0.39, 0.29) is 34.1 Å². The lowest BCUT2D eigenvalue weighted by Gasteiger charge is -2.34.